The maximum absolute atomic E-state index is 10.9. The van der Waals surface area contributed by atoms with Crippen molar-refractivity contribution >= 4 is 67.2 Å². The minimum atomic E-state index is -0.852. The number of carbonyl (C=O) groups is 4. The zero-order valence-electron chi connectivity index (χ0n) is 16.6. The molecule has 1 aromatic rings. The van der Waals surface area contributed by atoms with Gasteiger partial charge in [-0.15, -0.1) is 0 Å². The van der Waals surface area contributed by atoms with Gasteiger partial charge < -0.3 is 15.2 Å². The van der Waals surface area contributed by atoms with Gasteiger partial charge in [0.1, 0.15) is 5.82 Å². The number of nitrogens with zero attached hydrogens (tertiary/aromatic N) is 3. The number of nitrogens with two attached hydrogens (primary N) is 1. The van der Waals surface area contributed by atoms with E-state index in [9.17, 15) is 19.2 Å². The van der Waals surface area contributed by atoms with Crippen LogP contribution in [0.1, 0.15) is 49.2 Å². The Kier molecular flexibility index (Phi) is 21.2. The topological polar surface area (TPSA) is 162 Å². The first kappa shape index (κ1) is 31.7. The van der Waals surface area contributed by atoms with E-state index in [-0.39, 0.29) is 17.7 Å². The van der Waals surface area contributed by atoms with Crippen molar-refractivity contribution < 1.29 is 28.7 Å². The number of hydrogen-bond acceptors (Lipinski definition) is 11. The SMILES string of the molecule is CC(C)C(N)=O.COC(=O)C#N.COC(=O)c1nc(C(C)C)ns1.O=C(Cl)SCl. The maximum atomic E-state index is 10.9. The number of ether oxygens (including phenoxy) is 2. The molecule has 1 heterocycles. The summed E-state index contributed by atoms with van der Waals surface area (Å²) >= 11 is 5.73. The fourth-order valence-electron chi connectivity index (χ4n) is 0.685. The van der Waals surface area contributed by atoms with Gasteiger partial charge in [0.2, 0.25) is 10.9 Å². The predicted molar refractivity (Wildman–Crippen MR) is 112 cm³/mol. The smallest absolute Gasteiger partial charge is 0.410 e. The van der Waals surface area contributed by atoms with Gasteiger partial charge in [-0.3, -0.25) is 9.59 Å². The molecule has 1 aromatic heterocycles. The van der Waals surface area contributed by atoms with Crippen LogP contribution >= 0.6 is 44.8 Å². The van der Waals surface area contributed by atoms with Gasteiger partial charge in [0, 0.05) is 22.8 Å². The molecular formula is C15H22Cl2N4O6S2. The molecule has 0 atom stereocenters. The lowest BCUT2D eigenvalue weighted by Crippen LogP contribution is -2.17. The molecular weight excluding hydrogens is 467 g/mol. The Morgan fingerprint density at radius 3 is 1.79 bits per heavy atom. The molecule has 164 valence electrons. The first-order valence-corrected chi connectivity index (χ1v) is 10.3. The van der Waals surface area contributed by atoms with E-state index >= 15 is 0 Å². The van der Waals surface area contributed by atoms with E-state index in [0.717, 1.165) is 18.6 Å². The number of nitriles is 1. The fourth-order valence-corrected chi connectivity index (χ4v) is 1.41. The molecule has 0 saturated heterocycles. The number of methoxy groups -OCH3 is 2. The molecule has 14 heteroatoms. The van der Waals surface area contributed by atoms with Crippen molar-refractivity contribution in [1.82, 2.24) is 9.36 Å². The van der Waals surface area contributed by atoms with Crippen LogP contribution in [0.3, 0.4) is 0 Å². The summed E-state index contributed by atoms with van der Waals surface area (Å²) < 4.78 is 11.8. The fraction of sp³-hybridized carbons (Fsp3) is 0.533. The van der Waals surface area contributed by atoms with E-state index in [2.05, 4.69) is 30.4 Å². The summed E-state index contributed by atoms with van der Waals surface area (Å²) in [5.74, 6) is -0.575. The highest BCUT2D eigenvalue weighted by atomic mass is 35.7. The highest BCUT2D eigenvalue weighted by Gasteiger charge is 2.13. The van der Waals surface area contributed by atoms with Crippen LogP contribution in [0.4, 0.5) is 4.79 Å². The second kappa shape index (κ2) is 19.4. The Morgan fingerprint density at radius 1 is 1.17 bits per heavy atom. The number of amides is 1. The average Bonchev–Trinajstić information content (AvgIpc) is 3.18. The Balaban J connectivity index is -0.000000340. The first-order chi connectivity index (χ1) is 13.4. The van der Waals surface area contributed by atoms with Gasteiger partial charge in [0.05, 0.1) is 14.2 Å². The molecule has 1 amide bonds. The minimum Gasteiger partial charge on any atom is -0.464 e. The van der Waals surface area contributed by atoms with Crippen LogP contribution in [0.2, 0.25) is 0 Å². The summed E-state index contributed by atoms with van der Waals surface area (Å²) in [5, 5.41) is 7.93. The monoisotopic (exact) mass is 488 g/mol. The maximum Gasteiger partial charge on any atom is 0.410 e. The van der Waals surface area contributed by atoms with Gasteiger partial charge in [-0.25, -0.2) is 14.6 Å². The highest BCUT2D eigenvalue weighted by molar-refractivity contribution is 8.34. The third-order valence-corrected chi connectivity index (χ3v) is 3.94. The Bertz CT molecular complexity index is 693. The van der Waals surface area contributed by atoms with Crippen molar-refractivity contribution in [2.75, 3.05) is 14.2 Å². The number of carbonyl (C=O) groups excluding carboxylic acids is 4. The third kappa shape index (κ3) is 20.6. The normalized spacial score (nSPS) is 8.72. The lowest BCUT2D eigenvalue weighted by molar-refractivity contribution is -0.134. The average molecular weight is 489 g/mol. The van der Waals surface area contributed by atoms with Crippen molar-refractivity contribution in [1.29, 1.82) is 5.26 Å². The van der Waals surface area contributed by atoms with Gasteiger partial charge in [0.25, 0.3) is 4.57 Å². The largest absolute Gasteiger partial charge is 0.464 e. The molecule has 1 rings (SSSR count). The van der Waals surface area contributed by atoms with Crippen LogP contribution in [-0.4, -0.2) is 46.0 Å². The second-order valence-corrected chi connectivity index (χ2v) is 7.39. The zero-order chi connectivity index (χ0) is 23.6. The van der Waals surface area contributed by atoms with Gasteiger partial charge in [-0.1, -0.05) is 27.7 Å². The predicted octanol–water partition coefficient (Wildman–Crippen LogP) is 3.49. The number of primary amides is 1. The number of rotatable bonds is 3. The molecule has 0 spiro atoms. The lowest BCUT2D eigenvalue weighted by Gasteiger charge is -1.94. The van der Waals surface area contributed by atoms with Crippen LogP contribution in [0.25, 0.3) is 0 Å². The quantitative estimate of drug-likeness (QED) is 0.378. The number of halogens is 2. The van der Waals surface area contributed by atoms with Crippen LogP contribution < -0.4 is 5.73 Å². The van der Waals surface area contributed by atoms with Gasteiger partial charge in [0.15, 0.2) is 6.07 Å². The van der Waals surface area contributed by atoms with E-state index in [1.807, 2.05) is 13.8 Å². The summed E-state index contributed by atoms with van der Waals surface area (Å²) in [6.45, 7) is 7.48. The van der Waals surface area contributed by atoms with Gasteiger partial charge in [-0.2, -0.15) is 9.64 Å². The van der Waals surface area contributed by atoms with Crippen molar-refractivity contribution in [3.05, 3.63) is 10.8 Å². The highest BCUT2D eigenvalue weighted by Crippen LogP contribution is 2.13. The van der Waals surface area contributed by atoms with E-state index in [0.29, 0.717) is 21.8 Å². The Labute approximate surface area is 186 Å². The standard InChI is InChI=1S/C7H10N2O2S.C4H9NO.C3H3NO2.CCl2OS/c1-4(2)5-8-6(12-9-5)7(10)11-3;1-3(2)4(5)6;1-6-3(5)2-4;2-1(4)5-3/h4H,1-3H3;3H,1-2H3,(H2,5,6);1H3;. The van der Waals surface area contributed by atoms with E-state index in [4.69, 9.17) is 21.7 Å². The summed E-state index contributed by atoms with van der Waals surface area (Å²) in [5.41, 5.74) is 4.80. The molecule has 0 unspecified atom stereocenters. The van der Waals surface area contributed by atoms with Crippen LogP contribution in [-0.2, 0) is 19.1 Å². The molecule has 0 saturated carbocycles. The third-order valence-electron chi connectivity index (χ3n) is 2.22. The summed E-state index contributed by atoms with van der Waals surface area (Å²) in [6.07, 6.45) is 0. The molecule has 0 radical (unpaired) electrons. The molecule has 0 aliphatic heterocycles. The molecule has 0 aromatic carbocycles. The molecule has 0 bridgehead atoms. The second-order valence-electron chi connectivity index (χ2n) is 5.08. The molecule has 0 fully saturated rings. The number of hydrogen-bond donors (Lipinski definition) is 1. The number of aromatic nitrogens is 2. The Hall–Kier alpha value is -1.94. The van der Waals surface area contributed by atoms with Gasteiger partial charge >= 0.3 is 11.9 Å². The molecule has 0 aliphatic carbocycles. The van der Waals surface area contributed by atoms with Gasteiger partial charge in [-0.05, 0) is 33.8 Å². The number of esters is 2. The molecule has 10 nitrogen and oxygen atoms in total. The minimum absolute atomic E-state index is 0.00926. The summed E-state index contributed by atoms with van der Waals surface area (Å²) in [6, 6.07) is 1.25. The zero-order valence-corrected chi connectivity index (χ0v) is 19.7. The lowest BCUT2D eigenvalue weighted by atomic mass is 10.2. The summed E-state index contributed by atoms with van der Waals surface area (Å²) in [4.78, 5) is 43.9. The molecule has 0 aliphatic rings. The van der Waals surface area contributed by atoms with Crippen LogP contribution in [0.15, 0.2) is 0 Å². The summed E-state index contributed by atoms with van der Waals surface area (Å²) in [7, 11) is 7.74. The van der Waals surface area contributed by atoms with Crippen molar-refractivity contribution in [2.45, 2.75) is 33.6 Å². The van der Waals surface area contributed by atoms with Crippen LogP contribution in [0.5, 0.6) is 0 Å². The van der Waals surface area contributed by atoms with E-state index < -0.39 is 16.5 Å². The van der Waals surface area contributed by atoms with Crippen molar-refractivity contribution in [2.24, 2.45) is 11.7 Å². The van der Waals surface area contributed by atoms with Crippen molar-refractivity contribution in [3.8, 4) is 6.07 Å². The Morgan fingerprint density at radius 2 is 1.62 bits per heavy atom. The van der Waals surface area contributed by atoms with E-state index in [1.54, 1.807) is 13.8 Å². The molecule has 2 N–H and O–H groups in total. The molecule has 29 heavy (non-hydrogen) atoms. The first-order valence-electron chi connectivity index (χ1n) is 7.55. The van der Waals surface area contributed by atoms with E-state index in [1.165, 1.54) is 13.2 Å². The van der Waals surface area contributed by atoms with Crippen molar-refractivity contribution in [3.63, 3.8) is 0 Å². The van der Waals surface area contributed by atoms with Crippen LogP contribution in [0, 0.1) is 17.2 Å².